The Balaban J connectivity index is 1.61. The summed E-state index contributed by atoms with van der Waals surface area (Å²) >= 11 is 0. The third-order valence-electron chi connectivity index (χ3n) is 4.66. The highest BCUT2D eigenvalue weighted by Crippen LogP contribution is 2.22. The van der Waals surface area contributed by atoms with E-state index in [1.807, 2.05) is 9.80 Å². The number of hydrogen-bond acceptors (Lipinski definition) is 6. The van der Waals surface area contributed by atoms with Crippen LogP contribution in [-0.4, -0.2) is 78.2 Å². The summed E-state index contributed by atoms with van der Waals surface area (Å²) in [5.41, 5.74) is 0.739. The summed E-state index contributed by atoms with van der Waals surface area (Å²) in [6, 6.07) is 3.78. The lowest BCUT2D eigenvalue weighted by Crippen LogP contribution is -2.51. The minimum absolute atomic E-state index is 0.0351. The van der Waals surface area contributed by atoms with E-state index in [0.717, 1.165) is 9.80 Å². The summed E-state index contributed by atoms with van der Waals surface area (Å²) < 4.78 is 14.3. The van der Waals surface area contributed by atoms with Gasteiger partial charge in [-0.25, -0.2) is 14.1 Å². The smallest absolute Gasteiger partial charge is 0.335 e. The van der Waals surface area contributed by atoms with Crippen molar-refractivity contribution >= 4 is 29.3 Å². The highest BCUT2D eigenvalue weighted by molar-refractivity contribution is 6.44. The first-order chi connectivity index (χ1) is 12.3. The molecule has 26 heavy (non-hydrogen) atoms. The van der Waals surface area contributed by atoms with Gasteiger partial charge in [0.15, 0.2) is 5.78 Å². The molecular formula is C17H19FN4O4. The lowest BCUT2D eigenvalue weighted by atomic mass is 10.1. The molecule has 0 bridgehead atoms. The maximum atomic E-state index is 14.3. The van der Waals surface area contributed by atoms with Gasteiger partial charge in [-0.2, -0.15) is 0 Å². The van der Waals surface area contributed by atoms with Gasteiger partial charge in [-0.05, 0) is 25.1 Å². The second-order valence-electron chi connectivity index (χ2n) is 6.35. The zero-order valence-corrected chi connectivity index (χ0v) is 14.6. The highest BCUT2D eigenvalue weighted by Gasteiger charge is 2.43. The SMILES string of the molecule is CC(=O)c1ccc(N2CCN(CN3C(=O)C(=O)N(C)C3=O)CC2)c(F)c1. The van der Waals surface area contributed by atoms with Crippen molar-refractivity contribution < 1.29 is 23.6 Å². The molecule has 1 aromatic rings. The molecule has 8 nitrogen and oxygen atoms in total. The average Bonchev–Trinajstić information content (AvgIpc) is 2.80. The van der Waals surface area contributed by atoms with Crippen molar-refractivity contribution in [2.75, 3.05) is 44.8 Å². The molecule has 3 rings (SSSR count). The first-order valence-electron chi connectivity index (χ1n) is 8.21. The van der Waals surface area contributed by atoms with E-state index in [1.54, 1.807) is 12.1 Å². The number of halogens is 1. The molecular weight excluding hydrogens is 343 g/mol. The Bertz CT molecular complexity index is 789. The predicted octanol–water partition coefficient (Wildman–Crippen LogP) is 0.528. The van der Waals surface area contributed by atoms with Crippen LogP contribution in [0.4, 0.5) is 14.9 Å². The average molecular weight is 362 g/mol. The number of likely N-dealkylation sites (N-methyl/N-ethyl adjacent to an activating group) is 1. The van der Waals surface area contributed by atoms with Crippen LogP contribution in [0.1, 0.15) is 17.3 Å². The van der Waals surface area contributed by atoms with Gasteiger partial charge in [0.2, 0.25) is 0 Å². The summed E-state index contributed by atoms with van der Waals surface area (Å²) in [5, 5.41) is 0. The summed E-state index contributed by atoms with van der Waals surface area (Å²) in [6.45, 7) is 3.42. The fourth-order valence-electron chi connectivity index (χ4n) is 3.05. The van der Waals surface area contributed by atoms with E-state index in [4.69, 9.17) is 0 Å². The van der Waals surface area contributed by atoms with Crippen LogP contribution in [0, 0.1) is 5.82 Å². The van der Waals surface area contributed by atoms with E-state index < -0.39 is 23.7 Å². The van der Waals surface area contributed by atoms with Crippen molar-refractivity contribution in [3.8, 4) is 0 Å². The molecule has 0 saturated carbocycles. The number of carbonyl (C=O) groups is 4. The monoisotopic (exact) mass is 362 g/mol. The van der Waals surface area contributed by atoms with Crippen LogP contribution in [0.5, 0.6) is 0 Å². The van der Waals surface area contributed by atoms with Gasteiger partial charge < -0.3 is 4.90 Å². The number of benzene rings is 1. The summed E-state index contributed by atoms with van der Waals surface area (Å²) in [4.78, 5) is 52.0. The first-order valence-corrected chi connectivity index (χ1v) is 8.21. The normalized spacial score (nSPS) is 18.9. The second kappa shape index (κ2) is 6.83. The van der Waals surface area contributed by atoms with Gasteiger partial charge >= 0.3 is 17.8 Å². The fraction of sp³-hybridized carbons (Fsp3) is 0.412. The number of carbonyl (C=O) groups excluding carboxylic acids is 4. The van der Waals surface area contributed by atoms with Crippen molar-refractivity contribution in [2.45, 2.75) is 6.92 Å². The molecule has 2 heterocycles. The van der Waals surface area contributed by atoms with Gasteiger partial charge in [-0.3, -0.25) is 24.2 Å². The highest BCUT2D eigenvalue weighted by atomic mass is 19.1. The van der Waals surface area contributed by atoms with E-state index in [0.29, 0.717) is 37.4 Å². The third kappa shape index (κ3) is 3.17. The molecule has 0 aliphatic carbocycles. The zero-order valence-electron chi connectivity index (χ0n) is 14.6. The minimum Gasteiger partial charge on any atom is -0.367 e. The number of urea groups is 1. The van der Waals surface area contributed by atoms with E-state index >= 15 is 0 Å². The second-order valence-corrected chi connectivity index (χ2v) is 6.35. The molecule has 4 amide bonds. The Kier molecular flexibility index (Phi) is 4.73. The van der Waals surface area contributed by atoms with Crippen LogP contribution in [0.25, 0.3) is 0 Å². The molecule has 2 fully saturated rings. The summed E-state index contributed by atoms with van der Waals surface area (Å²) in [5.74, 6) is -2.31. The van der Waals surface area contributed by atoms with Crippen LogP contribution >= 0.6 is 0 Å². The number of piperazine rings is 1. The first kappa shape index (κ1) is 18.0. The molecule has 2 aliphatic rings. The molecule has 0 aromatic heterocycles. The number of hydrogen-bond donors (Lipinski definition) is 0. The van der Waals surface area contributed by atoms with Gasteiger partial charge in [0.25, 0.3) is 0 Å². The van der Waals surface area contributed by atoms with Crippen molar-refractivity contribution in [2.24, 2.45) is 0 Å². The number of amides is 4. The fourth-order valence-corrected chi connectivity index (χ4v) is 3.05. The van der Waals surface area contributed by atoms with Crippen LogP contribution < -0.4 is 4.90 Å². The van der Waals surface area contributed by atoms with E-state index in [2.05, 4.69) is 0 Å². The number of imide groups is 2. The van der Waals surface area contributed by atoms with E-state index in [1.165, 1.54) is 20.0 Å². The lowest BCUT2D eigenvalue weighted by molar-refractivity contribution is -0.143. The molecule has 2 saturated heterocycles. The molecule has 9 heteroatoms. The zero-order chi connectivity index (χ0) is 19.0. The molecule has 0 atom stereocenters. The van der Waals surface area contributed by atoms with Crippen LogP contribution in [0.15, 0.2) is 18.2 Å². The standard InChI is InChI=1S/C17H19FN4O4/c1-11(23)12-3-4-14(13(18)9-12)21-7-5-20(6-8-21)10-22-16(25)15(24)19(2)17(22)26/h3-4,9H,5-8,10H2,1-2H3. The molecule has 0 spiro atoms. The Morgan fingerprint density at radius 2 is 1.73 bits per heavy atom. The van der Waals surface area contributed by atoms with E-state index in [-0.39, 0.29) is 12.5 Å². The topological polar surface area (TPSA) is 81.2 Å². The maximum Gasteiger partial charge on any atom is 0.335 e. The molecule has 138 valence electrons. The van der Waals surface area contributed by atoms with Gasteiger partial charge in [0.05, 0.1) is 12.4 Å². The Labute approximate surface area is 149 Å². The molecule has 0 N–H and O–H groups in total. The number of rotatable bonds is 4. The molecule has 2 aliphatic heterocycles. The number of Topliss-reactive ketones (excluding diaryl/α,β-unsaturated/α-hetero) is 1. The Hall–Kier alpha value is -2.81. The minimum atomic E-state index is -0.832. The van der Waals surface area contributed by atoms with Crippen molar-refractivity contribution in [3.05, 3.63) is 29.6 Å². The Morgan fingerprint density at radius 3 is 2.23 bits per heavy atom. The molecule has 0 radical (unpaired) electrons. The van der Waals surface area contributed by atoms with Crippen LogP contribution in [0.2, 0.25) is 0 Å². The molecule has 1 aromatic carbocycles. The maximum absolute atomic E-state index is 14.3. The largest absolute Gasteiger partial charge is 0.367 e. The van der Waals surface area contributed by atoms with Crippen LogP contribution in [0.3, 0.4) is 0 Å². The quantitative estimate of drug-likeness (QED) is 0.442. The summed E-state index contributed by atoms with van der Waals surface area (Å²) in [6.07, 6.45) is 0. The van der Waals surface area contributed by atoms with Crippen LogP contribution in [-0.2, 0) is 9.59 Å². The third-order valence-corrected chi connectivity index (χ3v) is 4.66. The number of anilines is 1. The number of nitrogens with zero attached hydrogens (tertiary/aromatic N) is 4. The van der Waals surface area contributed by atoms with Gasteiger partial charge in [-0.15, -0.1) is 0 Å². The van der Waals surface area contributed by atoms with Crippen molar-refractivity contribution in [1.82, 2.24) is 14.7 Å². The molecule has 0 unspecified atom stereocenters. The van der Waals surface area contributed by atoms with Crippen molar-refractivity contribution in [3.63, 3.8) is 0 Å². The van der Waals surface area contributed by atoms with Gasteiger partial charge in [0, 0.05) is 38.8 Å². The number of ketones is 1. The lowest BCUT2D eigenvalue weighted by Gasteiger charge is -2.37. The van der Waals surface area contributed by atoms with Gasteiger partial charge in [-0.1, -0.05) is 0 Å². The predicted molar refractivity (Wildman–Crippen MR) is 90.1 cm³/mol. The van der Waals surface area contributed by atoms with Gasteiger partial charge in [0.1, 0.15) is 5.82 Å². The van der Waals surface area contributed by atoms with E-state index in [9.17, 15) is 23.6 Å². The Morgan fingerprint density at radius 1 is 1.08 bits per heavy atom. The summed E-state index contributed by atoms with van der Waals surface area (Å²) in [7, 11) is 1.27. The van der Waals surface area contributed by atoms with Crippen molar-refractivity contribution in [1.29, 1.82) is 0 Å².